The van der Waals surface area contributed by atoms with Crippen LogP contribution in [0.25, 0.3) is 22.4 Å². The topological polar surface area (TPSA) is 122 Å². The van der Waals surface area contributed by atoms with Gasteiger partial charge in [-0.15, -0.1) is 0 Å². The SMILES string of the molecule is Cc1n[nH]c2nc(-c3ccc(NS(=O)(=O)c4cc(Cl)ccc4F)cc3)nc(OC3CNCC3(F)F)c12. The highest BCUT2D eigenvalue weighted by Crippen LogP contribution is 2.33. The molecule has 0 saturated carbocycles. The van der Waals surface area contributed by atoms with E-state index in [1.165, 1.54) is 30.3 Å². The lowest BCUT2D eigenvalue weighted by Gasteiger charge is -2.19. The summed E-state index contributed by atoms with van der Waals surface area (Å²) in [5.74, 6) is -3.92. The monoisotopic (exact) mass is 538 g/mol. The average Bonchev–Trinajstić information content (AvgIpc) is 3.36. The summed E-state index contributed by atoms with van der Waals surface area (Å²) in [4.78, 5) is 8.15. The molecule has 0 amide bonds. The third-order valence-corrected chi connectivity index (χ3v) is 7.19. The van der Waals surface area contributed by atoms with Gasteiger partial charge in [0.05, 0.1) is 12.2 Å². The van der Waals surface area contributed by atoms with E-state index in [2.05, 4.69) is 30.2 Å². The van der Waals surface area contributed by atoms with Gasteiger partial charge in [0.2, 0.25) is 5.88 Å². The molecule has 188 valence electrons. The Morgan fingerprint density at radius 3 is 2.61 bits per heavy atom. The first-order chi connectivity index (χ1) is 17.0. The minimum absolute atomic E-state index is 0.0455. The summed E-state index contributed by atoms with van der Waals surface area (Å²) >= 11 is 5.80. The van der Waals surface area contributed by atoms with E-state index in [0.717, 1.165) is 12.1 Å². The molecule has 3 N–H and O–H groups in total. The van der Waals surface area contributed by atoms with E-state index in [4.69, 9.17) is 16.3 Å². The molecule has 3 heterocycles. The molecule has 1 fully saturated rings. The first kappa shape index (κ1) is 24.3. The minimum Gasteiger partial charge on any atom is -0.466 e. The molecule has 2 aromatic carbocycles. The van der Waals surface area contributed by atoms with Crippen molar-refractivity contribution in [2.24, 2.45) is 0 Å². The molecule has 2 aromatic heterocycles. The number of fused-ring (bicyclic) bond motifs is 1. The molecule has 5 rings (SSSR count). The van der Waals surface area contributed by atoms with E-state index < -0.39 is 39.3 Å². The van der Waals surface area contributed by atoms with Crippen LogP contribution in [-0.4, -0.2) is 53.7 Å². The quantitative estimate of drug-likeness (QED) is 0.340. The first-order valence-electron chi connectivity index (χ1n) is 10.6. The highest BCUT2D eigenvalue weighted by molar-refractivity contribution is 7.92. The number of hydrogen-bond donors (Lipinski definition) is 3. The number of ether oxygens (including phenoxy) is 1. The molecule has 0 spiro atoms. The van der Waals surface area contributed by atoms with Crippen molar-refractivity contribution in [2.45, 2.75) is 23.8 Å². The Labute approximate surface area is 208 Å². The van der Waals surface area contributed by atoms with Crippen LogP contribution >= 0.6 is 11.6 Å². The second-order valence-corrected chi connectivity index (χ2v) is 10.2. The fourth-order valence-electron chi connectivity index (χ4n) is 3.73. The van der Waals surface area contributed by atoms with Gasteiger partial charge in [0.15, 0.2) is 17.6 Å². The van der Waals surface area contributed by atoms with Crippen molar-refractivity contribution in [1.82, 2.24) is 25.5 Å². The summed E-state index contributed by atoms with van der Waals surface area (Å²) in [6, 6.07) is 9.10. The van der Waals surface area contributed by atoms with Gasteiger partial charge < -0.3 is 10.1 Å². The highest BCUT2D eigenvalue weighted by Gasteiger charge is 2.46. The van der Waals surface area contributed by atoms with Crippen molar-refractivity contribution in [1.29, 1.82) is 0 Å². The number of aromatic amines is 1. The lowest BCUT2D eigenvalue weighted by molar-refractivity contribution is -0.0607. The number of aromatic nitrogens is 4. The largest absolute Gasteiger partial charge is 0.466 e. The maximum Gasteiger partial charge on any atom is 0.297 e. The van der Waals surface area contributed by atoms with Crippen molar-refractivity contribution >= 4 is 38.3 Å². The van der Waals surface area contributed by atoms with Crippen LogP contribution in [0.5, 0.6) is 5.88 Å². The zero-order valence-corrected chi connectivity index (χ0v) is 20.1. The van der Waals surface area contributed by atoms with Crippen LogP contribution in [0.4, 0.5) is 18.9 Å². The number of anilines is 1. The van der Waals surface area contributed by atoms with E-state index in [0.29, 0.717) is 22.3 Å². The van der Waals surface area contributed by atoms with Crippen LogP contribution in [0.15, 0.2) is 47.4 Å². The summed E-state index contributed by atoms with van der Waals surface area (Å²) in [6.07, 6.45) is -1.42. The van der Waals surface area contributed by atoms with Crippen molar-refractivity contribution in [3.8, 4) is 17.3 Å². The Kier molecular flexibility index (Phi) is 6.01. The first-order valence-corrected chi connectivity index (χ1v) is 12.5. The number of rotatable bonds is 6. The summed E-state index contributed by atoms with van der Waals surface area (Å²) < 4.78 is 75.5. The van der Waals surface area contributed by atoms with Crippen LogP contribution in [0.2, 0.25) is 5.02 Å². The fraction of sp³-hybridized carbons (Fsp3) is 0.227. The zero-order valence-electron chi connectivity index (χ0n) is 18.5. The maximum atomic E-state index is 14.2. The molecule has 1 unspecified atom stereocenters. The van der Waals surface area contributed by atoms with E-state index in [-0.39, 0.29) is 29.0 Å². The van der Waals surface area contributed by atoms with Gasteiger partial charge in [0, 0.05) is 22.8 Å². The van der Waals surface area contributed by atoms with Crippen LogP contribution < -0.4 is 14.8 Å². The van der Waals surface area contributed by atoms with Crippen LogP contribution in [0.1, 0.15) is 5.69 Å². The van der Waals surface area contributed by atoms with Crippen molar-refractivity contribution < 1.29 is 26.3 Å². The van der Waals surface area contributed by atoms with Gasteiger partial charge in [0.1, 0.15) is 16.1 Å². The Hall–Kier alpha value is -3.42. The molecule has 1 aliphatic heterocycles. The van der Waals surface area contributed by atoms with Gasteiger partial charge in [-0.05, 0) is 49.4 Å². The summed E-state index contributed by atoms with van der Waals surface area (Å²) in [7, 11) is -4.25. The van der Waals surface area contributed by atoms with Gasteiger partial charge in [-0.2, -0.15) is 10.1 Å². The number of sulfonamides is 1. The van der Waals surface area contributed by atoms with Gasteiger partial charge in [-0.1, -0.05) is 11.6 Å². The molecule has 0 radical (unpaired) electrons. The third kappa shape index (κ3) is 4.56. The van der Waals surface area contributed by atoms with Crippen LogP contribution in [0, 0.1) is 12.7 Å². The Bertz CT molecular complexity index is 1560. The highest BCUT2D eigenvalue weighted by atomic mass is 35.5. The molecule has 9 nitrogen and oxygen atoms in total. The lowest BCUT2D eigenvalue weighted by atomic mass is 10.2. The second-order valence-electron chi connectivity index (χ2n) is 8.14. The molecule has 1 saturated heterocycles. The fourth-order valence-corrected chi connectivity index (χ4v) is 5.13. The summed E-state index contributed by atoms with van der Waals surface area (Å²) in [5, 5.41) is 9.85. The van der Waals surface area contributed by atoms with Crippen molar-refractivity contribution in [2.75, 3.05) is 17.8 Å². The molecule has 0 bridgehead atoms. The molecular weight excluding hydrogens is 521 g/mol. The smallest absolute Gasteiger partial charge is 0.297 e. The summed E-state index contributed by atoms with van der Waals surface area (Å²) in [5.41, 5.74) is 1.37. The average molecular weight is 539 g/mol. The molecule has 1 atom stereocenters. The number of hydrogen-bond acceptors (Lipinski definition) is 7. The number of nitrogens with zero attached hydrogens (tertiary/aromatic N) is 3. The molecule has 0 aliphatic carbocycles. The third-order valence-electron chi connectivity index (χ3n) is 5.56. The van der Waals surface area contributed by atoms with Crippen molar-refractivity contribution in [3.63, 3.8) is 0 Å². The molecule has 1 aliphatic rings. The predicted octanol–water partition coefficient (Wildman–Crippen LogP) is 3.91. The van der Waals surface area contributed by atoms with Gasteiger partial charge in [-0.25, -0.2) is 26.6 Å². The normalized spacial score (nSPS) is 17.4. The van der Waals surface area contributed by atoms with E-state index in [1.54, 1.807) is 6.92 Å². The standard InChI is InChI=1S/C22H18ClF3N6O3S/c1-11-18-20(31-30-11)28-19(29-21(18)35-17-9-27-10-22(17,25)26)12-2-5-14(6-3-12)32-36(33,34)16-8-13(23)4-7-15(16)24/h2-8,17,27,32H,9-10H2,1H3,(H,28,29,30,31). The van der Waals surface area contributed by atoms with Gasteiger partial charge >= 0.3 is 0 Å². The van der Waals surface area contributed by atoms with Crippen LogP contribution in [-0.2, 0) is 10.0 Å². The van der Waals surface area contributed by atoms with E-state index in [1.807, 2.05) is 0 Å². The summed E-state index contributed by atoms with van der Waals surface area (Å²) in [6.45, 7) is 1.12. The number of nitrogens with one attached hydrogen (secondary N) is 3. The van der Waals surface area contributed by atoms with Crippen LogP contribution in [0.3, 0.4) is 0 Å². The molecule has 36 heavy (non-hydrogen) atoms. The van der Waals surface area contributed by atoms with E-state index in [9.17, 15) is 21.6 Å². The number of benzene rings is 2. The second kappa shape index (κ2) is 8.91. The van der Waals surface area contributed by atoms with Crippen molar-refractivity contribution in [3.05, 3.63) is 59.0 Å². The number of alkyl halides is 2. The number of halogens is 4. The van der Waals surface area contributed by atoms with E-state index >= 15 is 0 Å². The zero-order chi connectivity index (χ0) is 25.7. The lowest BCUT2D eigenvalue weighted by Crippen LogP contribution is -2.36. The predicted molar refractivity (Wildman–Crippen MR) is 126 cm³/mol. The maximum absolute atomic E-state index is 14.2. The van der Waals surface area contributed by atoms with Gasteiger partial charge in [0.25, 0.3) is 15.9 Å². The number of H-pyrrole nitrogens is 1. The Balaban J connectivity index is 1.45. The Morgan fingerprint density at radius 1 is 1.17 bits per heavy atom. The molecule has 4 aromatic rings. The Morgan fingerprint density at radius 2 is 1.92 bits per heavy atom. The minimum atomic E-state index is -4.25. The number of aryl methyl sites for hydroxylation is 1. The molecule has 14 heteroatoms. The molecular formula is C22H18ClF3N6O3S. The van der Waals surface area contributed by atoms with Gasteiger partial charge in [-0.3, -0.25) is 9.82 Å².